The van der Waals surface area contributed by atoms with E-state index in [-0.39, 0.29) is 106 Å². The Morgan fingerprint density at radius 1 is 0.897 bits per heavy atom. The molecule has 1 saturated heterocycles. The number of Topliss-reactive ketones (excluding diaryl/α,β-unsaturated/α-hetero) is 2. The van der Waals surface area contributed by atoms with Gasteiger partial charge < -0.3 is 45.9 Å². The van der Waals surface area contributed by atoms with Gasteiger partial charge in [0.25, 0.3) is 5.52 Å². The fourth-order valence-corrected chi connectivity index (χ4v) is 13.4. The Morgan fingerprint density at radius 2 is 1.61 bits per heavy atom. The Hall–Kier alpha value is -7.52. The van der Waals surface area contributed by atoms with Crippen molar-refractivity contribution in [1.29, 1.82) is 0 Å². The molecule has 0 aliphatic carbocycles. The molecule has 87 heavy (non-hydrogen) atoms. The maximum Gasteiger partial charge on any atom is 0.396 e. The predicted octanol–water partition coefficient (Wildman–Crippen LogP) is 8.15. The van der Waals surface area contributed by atoms with Gasteiger partial charge in [-0.15, -0.1) is 11.3 Å². The number of H-pyrrole nitrogens is 1. The molecule has 0 bridgehead atoms. The van der Waals surface area contributed by atoms with Crippen molar-refractivity contribution in [1.82, 2.24) is 25.5 Å². The lowest BCUT2D eigenvalue weighted by Gasteiger charge is -2.35. The monoisotopic (exact) mass is 1230 g/mol. The summed E-state index contributed by atoms with van der Waals surface area (Å²) in [6.07, 6.45) is 2.56. The minimum atomic E-state index is -5.04. The topological polar surface area (TPSA) is 309 Å². The van der Waals surface area contributed by atoms with Crippen LogP contribution in [-0.2, 0) is 63.9 Å². The van der Waals surface area contributed by atoms with Gasteiger partial charge in [-0.05, 0) is 115 Å². The molecular weight excluding hydrogens is 1150 g/mol. The first-order valence-corrected chi connectivity index (χ1v) is 32.1. The molecule has 3 aliphatic rings. The summed E-state index contributed by atoms with van der Waals surface area (Å²) in [4.78, 5) is 139. The number of hydrogen-bond acceptors (Lipinski definition) is 13. The first-order valence-electron chi connectivity index (χ1n) is 29.6. The highest BCUT2D eigenvalue weighted by Crippen LogP contribution is 2.43. The molecule has 5 amide bonds. The highest BCUT2D eigenvalue weighted by atomic mass is 32.1. The van der Waals surface area contributed by atoms with Crippen LogP contribution in [0.4, 0.5) is 5.69 Å². The summed E-state index contributed by atoms with van der Waals surface area (Å²) in [7, 11) is -5.04. The third kappa shape index (κ3) is 15.4. The summed E-state index contributed by atoms with van der Waals surface area (Å²) in [5.74, 6) is -4.01. The van der Waals surface area contributed by atoms with Crippen LogP contribution in [0, 0.1) is 24.2 Å². The largest absolute Gasteiger partial charge is 0.396 e. The summed E-state index contributed by atoms with van der Waals surface area (Å²) >= 11 is 1.57. The number of carbonyl (C=O) groups is 8. The number of amides is 5. The van der Waals surface area contributed by atoms with Crippen molar-refractivity contribution in [3.8, 4) is 10.4 Å². The molecule has 8 N–H and O–H groups in total. The number of aromatic nitrogens is 2. The SMILES string of the molecule is Cc1ncsc1-c1ccc([C@H](C)NC(=O)[C@@H]2C[C@@H](O)CN2C(=O)[C@@H](CC(=O)CCCCc2ccc(COC[C@H](CCC(N)=O)NC(=O)[C@@H]3Cc4cccc5c4N3C(=O)[C@@H](CC(=O)c3cc4cc(C(=O)P(=O)(O)O)ccc4[nH]3)CC5)cc2)C(C)(C)C)cc1. The van der Waals surface area contributed by atoms with E-state index in [1.165, 1.54) is 34.1 Å². The average molecular weight is 1230 g/mol. The molecule has 9 rings (SSSR count). The lowest BCUT2D eigenvalue weighted by molar-refractivity contribution is -0.146. The van der Waals surface area contributed by atoms with Crippen molar-refractivity contribution >= 4 is 82.1 Å². The standard InChI is InChI=1S/C65H76N7O13PS/c1-37(41-17-20-43(21-18-41)59-38(2)67-36-87-59)68-60(77)54-32-50(74)33-71(54)63(80)51(65(3,4)5)31-49(73)12-7-6-9-39-13-15-40(16-14-39)34-85-35-48(24-26-57(66)76)69-61(78)55-29-44-11-8-10-42-19-22-45(62(79)72(55)58(42)44)30-56(75)53-28-47-27-46(23-25-52(47)70-53)64(81)86(82,83)84/h8,10-11,13-18,20-21,23,25,27-28,36-37,45,48,50-51,54-55,70,74H,6-7,9,12,19,22,24,26,29-35H2,1-5H3,(H2,66,76)(H,68,77)(H,69,78)(H2,82,83,84)/t37-,45+,48-,50+,51+,54-,55-/m0/s1. The lowest BCUT2D eigenvalue weighted by Crippen LogP contribution is -2.52. The molecule has 6 aromatic rings. The minimum absolute atomic E-state index is 0.00830. The molecule has 7 atom stereocenters. The third-order valence-corrected chi connectivity index (χ3v) is 18.7. The van der Waals surface area contributed by atoms with Crippen LogP contribution >= 0.6 is 18.9 Å². The number of aliphatic hydroxyl groups excluding tert-OH is 1. The zero-order valence-corrected chi connectivity index (χ0v) is 51.3. The molecule has 0 radical (unpaired) electrons. The molecule has 0 saturated carbocycles. The number of unbranched alkanes of at least 4 members (excludes halogenated alkanes) is 1. The fourth-order valence-electron chi connectivity index (χ4n) is 12.1. The number of hydrogen-bond donors (Lipinski definition) is 7. The summed E-state index contributed by atoms with van der Waals surface area (Å²) in [5, 5.41) is 17.2. The van der Waals surface area contributed by atoms with Crippen LogP contribution in [0.1, 0.15) is 146 Å². The number of aryl methyl sites for hydroxylation is 3. The van der Waals surface area contributed by atoms with Gasteiger partial charge in [0.05, 0.1) is 58.9 Å². The number of para-hydroxylation sites is 1. The number of aliphatic hydroxyl groups is 1. The summed E-state index contributed by atoms with van der Waals surface area (Å²) < 4.78 is 17.7. The maximum absolute atomic E-state index is 14.6. The number of nitrogens with zero attached hydrogens (tertiary/aromatic N) is 3. The molecule has 20 nitrogen and oxygen atoms in total. The van der Waals surface area contributed by atoms with Gasteiger partial charge in [-0.1, -0.05) is 87.5 Å². The predicted molar refractivity (Wildman–Crippen MR) is 328 cm³/mol. The molecule has 5 heterocycles. The number of aromatic amines is 1. The highest BCUT2D eigenvalue weighted by molar-refractivity contribution is 7.70. The van der Waals surface area contributed by atoms with E-state index in [9.17, 15) is 57.8 Å². The fraction of sp³-hybridized carbons (Fsp3) is 0.431. The van der Waals surface area contributed by atoms with Crippen molar-refractivity contribution in [3.05, 3.63) is 141 Å². The molecule has 2 aromatic heterocycles. The van der Waals surface area contributed by atoms with Crippen LogP contribution in [0.5, 0.6) is 0 Å². The molecule has 4 aromatic carbocycles. The van der Waals surface area contributed by atoms with Crippen LogP contribution < -0.4 is 21.3 Å². The van der Waals surface area contributed by atoms with Crippen molar-refractivity contribution < 1.29 is 62.6 Å². The van der Waals surface area contributed by atoms with Gasteiger partial charge in [-0.3, -0.25) is 47.8 Å². The lowest BCUT2D eigenvalue weighted by atomic mass is 9.76. The van der Waals surface area contributed by atoms with Crippen LogP contribution in [0.2, 0.25) is 0 Å². The third-order valence-electron chi connectivity index (χ3n) is 17.0. The number of ketones is 2. The Morgan fingerprint density at radius 3 is 2.30 bits per heavy atom. The second kappa shape index (κ2) is 27.3. The summed E-state index contributed by atoms with van der Waals surface area (Å²) in [6, 6.07) is 24.1. The van der Waals surface area contributed by atoms with Crippen molar-refractivity contribution in [2.45, 2.75) is 149 Å². The van der Waals surface area contributed by atoms with E-state index in [2.05, 4.69) is 20.6 Å². The van der Waals surface area contributed by atoms with E-state index >= 15 is 0 Å². The number of fused-ring (bicyclic) bond motifs is 1. The van der Waals surface area contributed by atoms with Gasteiger partial charge in [0.1, 0.15) is 17.9 Å². The molecule has 3 aliphatic heterocycles. The number of primary amides is 1. The number of β-amino-alcohol motifs (C(OH)–C–C–N with tert-alkyl or cyclic N) is 1. The maximum atomic E-state index is 14.6. The van der Waals surface area contributed by atoms with Gasteiger partial charge in [0, 0.05) is 73.4 Å². The number of nitrogens with one attached hydrogen (secondary N) is 3. The molecule has 0 unspecified atom stereocenters. The number of likely N-dealkylation sites (tertiary alicyclic amines) is 1. The van der Waals surface area contributed by atoms with Gasteiger partial charge in [-0.2, -0.15) is 0 Å². The van der Waals surface area contributed by atoms with Crippen LogP contribution in [-0.4, -0.2) is 114 Å². The van der Waals surface area contributed by atoms with Crippen LogP contribution in [0.25, 0.3) is 21.3 Å². The number of nitrogens with two attached hydrogens (primary N) is 1. The van der Waals surface area contributed by atoms with E-state index in [0.29, 0.717) is 42.3 Å². The Kier molecular flexibility index (Phi) is 20.0. The zero-order chi connectivity index (χ0) is 62.5. The first kappa shape index (κ1) is 64.0. The zero-order valence-electron chi connectivity index (χ0n) is 49.6. The Labute approximate surface area is 509 Å². The van der Waals surface area contributed by atoms with Crippen molar-refractivity contribution in [3.63, 3.8) is 0 Å². The quantitative estimate of drug-likeness (QED) is 0.0153. The van der Waals surface area contributed by atoms with Crippen LogP contribution in [0.15, 0.2) is 96.5 Å². The van der Waals surface area contributed by atoms with E-state index in [1.54, 1.807) is 11.3 Å². The average Bonchev–Trinajstić information content (AvgIpc) is 1.94. The highest BCUT2D eigenvalue weighted by Gasteiger charge is 2.46. The number of thiazole rings is 1. The smallest absolute Gasteiger partial charge is 0.391 e. The second-order valence-electron chi connectivity index (χ2n) is 24.5. The number of benzene rings is 4. The van der Waals surface area contributed by atoms with E-state index < -0.39 is 72.2 Å². The van der Waals surface area contributed by atoms with Crippen LogP contribution in [0.3, 0.4) is 0 Å². The van der Waals surface area contributed by atoms with Crippen molar-refractivity contribution in [2.24, 2.45) is 23.0 Å². The van der Waals surface area contributed by atoms with Gasteiger partial charge in [0.2, 0.25) is 29.5 Å². The van der Waals surface area contributed by atoms with E-state index in [0.717, 1.165) is 50.4 Å². The molecule has 460 valence electrons. The first-order chi connectivity index (χ1) is 41.3. The Bertz CT molecular complexity index is 3630. The van der Waals surface area contributed by atoms with Gasteiger partial charge >= 0.3 is 7.60 Å². The molecular formula is C65H76N7O13PS. The molecule has 1 fully saturated rings. The minimum Gasteiger partial charge on any atom is -0.391 e. The van der Waals surface area contributed by atoms with Crippen molar-refractivity contribution in [2.75, 3.05) is 18.1 Å². The molecule has 0 spiro atoms. The molecule has 22 heteroatoms. The van der Waals surface area contributed by atoms with E-state index in [4.69, 9.17) is 10.5 Å². The number of rotatable bonds is 26. The van der Waals surface area contributed by atoms with Gasteiger partial charge in [0.15, 0.2) is 5.78 Å². The summed E-state index contributed by atoms with van der Waals surface area (Å²) in [5.41, 5.74) is 13.0. The number of carbonyl (C=O) groups excluding carboxylic acids is 8. The summed E-state index contributed by atoms with van der Waals surface area (Å²) in [6.45, 7) is 9.82. The number of anilines is 1. The van der Waals surface area contributed by atoms with E-state index in [1.807, 2.05) is 107 Å². The second-order valence-corrected chi connectivity index (χ2v) is 26.8. The normalized spacial score (nSPS) is 18.6. The Balaban J connectivity index is 0.742. The number of ether oxygens (including phenoxy) is 1. The van der Waals surface area contributed by atoms with Gasteiger partial charge in [-0.25, -0.2) is 4.98 Å².